The van der Waals surface area contributed by atoms with Gasteiger partial charge in [0, 0.05) is 35.7 Å². The van der Waals surface area contributed by atoms with Crippen LogP contribution < -0.4 is 5.32 Å². The molecule has 0 spiro atoms. The summed E-state index contributed by atoms with van der Waals surface area (Å²) in [7, 11) is -7.53. The molecule has 1 amide bonds. The summed E-state index contributed by atoms with van der Waals surface area (Å²) in [4.78, 5) is 13.2. The zero-order valence-corrected chi connectivity index (χ0v) is 25.1. The lowest BCUT2D eigenvalue weighted by Crippen LogP contribution is -2.40. The molecular formula is C27H29BrClN3O5S2. The van der Waals surface area contributed by atoms with Gasteiger partial charge in [-0.1, -0.05) is 58.2 Å². The van der Waals surface area contributed by atoms with Crippen molar-refractivity contribution in [2.45, 2.75) is 42.1 Å². The third-order valence-electron chi connectivity index (χ3n) is 6.41. The molecule has 12 heteroatoms. The van der Waals surface area contributed by atoms with Crippen molar-refractivity contribution in [3.63, 3.8) is 0 Å². The quantitative estimate of drug-likeness (QED) is 0.339. The average Bonchev–Trinajstić information content (AvgIpc) is 2.93. The van der Waals surface area contributed by atoms with Crippen molar-refractivity contribution >= 4 is 53.5 Å². The number of hydrogen-bond donors (Lipinski definition) is 1. The second-order valence-electron chi connectivity index (χ2n) is 9.24. The third kappa shape index (κ3) is 7.68. The van der Waals surface area contributed by atoms with E-state index in [9.17, 15) is 21.6 Å². The lowest BCUT2D eigenvalue weighted by atomic mass is 10.2. The molecule has 8 nitrogen and oxygen atoms in total. The lowest BCUT2D eigenvalue weighted by Gasteiger charge is -2.25. The normalized spacial score (nSPS) is 14.8. The van der Waals surface area contributed by atoms with Crippen LogP contribution in [-0.2, 0) is 37.9 Å². The molecule has 4 rings (SSSR count). The van der Waals surface area contributed by atoms with E-state index in [0.29, 0.717) is 29.2 Å². The minimum atomic E-state index is -3.99. The van der Waals surface area contributed by atoms with Gasteiger partial charge in [-0.05, 0) is 72.5 Å². The van der Waals surface area contributed by atoms with Crippen LogP contribution in [-0.4, -0.2) is 51.0 Å². The van der Waals surface area contributed by atoms with Gasteiger partial charge >= 0.3 is 0 Å². The number of rotatable bonds is 10. The van der Waals surface area contributed by atoms with E-state index in [1.807, 2.05) is 0 Å². The van der Waals surface area contributed by atoms with Gasteiger partial charge in [-0.3, -0.25) is 4.79 Å². The van der Waals surface area contributed by atoms with E-state index in [0.717, 1.165) is 28.0 Å². The fraction of sp³-hybridized carbons (Fsp3) is 0.296. The summed E-state index contributed by atoms with van der Waals surface area (Å²) in [6.45, 7) is 0.746. The molecule has 1 aliphatic rings. The van der Waals surface area contributed by atoms with Gasteiger partial charge in [-0.25, -0.2) is 16.8 Å². The summed E-state index contributed by atoms with van der Waals surface area (Å²) in [5.41, 5.74) is 1.37. The monoisotopic (exact) mass is 653 g/mol. The molecule has 208 valence electrons. The second-order valence-corrected chi connectivity index (χ2v) is 14.5. The van der Waals surface area contributed by atoms with Crippen LogP contribution in [0.4, 0.5) is 0 Å². The molecule has 3 aromatic rings. The molecule has 1 N–H and O–H groups in total. The molecule has 1 saturated heterocycles. The van der Waals surface area contributed by atoms with Crippen LogP contribution in [0.1, 0.15) is 30.4 Å². The van der Waals surface area contributed by atoms with Crippen molar-refractivity contribution in [3.05, 3.63) is 93.4 Å². The summed E-state index contributed by atoms with van der Waals surface area (Å²) in [5, 5.41) is 3.27. The van der Waals surface area contributed by atoms with E-state index in [2.05, 4.69) is 21.2 Å². The molecule has 0 saturated carbocycles. The van der Waals surface area contributed by atoms with Gasteiger partial charge < -0.3 is 5.32 Å². The van der Waals surface area contributed by atoms with Crippen LogP contribution in [0.5, 0.6) is 0 Å². The van der Waals surface area contributed by atoms with Gasteiger partial charge in [-0.15, -0.1) is 0 Å². The zero-order valence-electron chi connectivity index (χ0n) is 21.1. The Kier molecular flexibility index (Phi) is 9.84. The number of sulfonamides is 2. The van der Waals surface area contributed by atoms with Crippen molar-refractivity contribution in [3.8, 4) is 0 Å². The standard InChI is InChI=1S/C27H29BrClN3O5S2/c28-23-8-14-26(15-9-23)39(36,37)32(19-22-4-10-24(29)11-5-22)20-27(33)30-18-21-6-12-25(13-7-21)38(34,35)31-16-2-1-3-17-31/h4-15H,1-3,16-20H2,(H,30,33). The Morgan fingerprint density at radius 2 is 1.38 bits per heavy atom. The number of nitrogens with one attached hydrogen (secondary N) is 1. The summed E-state index contributed by atoms with van der Waals surface area (Å²) in [5.74, 6) is -0.491. The Labute approximate surface area is 243 Å². The van der Waals surface area contributed by atoms with E-state index in [-0.39, 0.29) is 22.9 Å². The van der Waals surface area contributed by atoms with Crippen molar-refractivity contribution in [1.29, 1.82) is 0 Å². The second kappa shape index (κ2) is 12.9. The Bertz CT molecular complexity index is 1490. The highest BCUT2D eigenvalue weighted by molar-refractivity contribution is 9.10. The fourth-order valence-electron chi connectivity index (χ4n) is 4.23. The minimum Gasteiger partial charge on any atom is -0.351 e. The van der Waals surface area contributed by atoms with Gasteiger partial charge in [0.2, 0.25) is 26.0 Å². The van der Waals surface area contributed by atoms with Gasteiger partial charge in [0.25, 0.3) is 0 Å². The molecule has 0 aliphatic carbocycles. The van der Waals surface area contributed by atoms with Crippen molar-refractivity contribution < 1.29 is 21.6 Å². The molecule has 0 atom stereocenters. The summed E-state index contributed by atoms with van der Waals surface area (Å²) >= 11 is 9.28. The largest absolute Gasteiger partial charge is 0.351 e. The number of benzene rings is 3. The Morgan fingerprint density at radius 1 is 0.821 bits per heavy atom. The number of piperidine rings is 1. The SMILES string of the molecule is O=C(CN(Cc1ccc(Cl)cc1)S(=O)(=O)c1ccc(Br)cc1)NCc1ccc(S(=O)(=O)N2CCCCC2)cc1. The van der Waals surface area contributed by atoms with E-state index in [4.69, 9.17) is 11.6 Å². The van der Waals surface area contributed by atoms with Crippen molar-refractivity contribution in [1.82, 2.24) is 13.9 Å². The molecular weight excluding hydrogens is 626 g/mol. The molecule has 0 unspecified atom stereocenters. The molecule has 3 aromatic carbocycles. The number of halogens is 2. The zero-order chi connectivity index (χ0) is 28.0. The minimum absolute atomic E-state index is 0.0218. The van der Waals surface area contributed by atoms with Crippen molar-refractivity contribution in [2.24, 2.45) is 0 Å². The van der Waals surface area contributed by atoms with Gasteiger partial charge in [0.05, 0.1) is 16.3 Å². The first-order chi connectivity index (χ1) is 18.6. The first kappa shape index (κ1) is 29.7. The van der Waals surface area contributed by atoms with Gasteiger partial charge in [-0.2, -0.15) is 8.61 Å². The summed E-state index contributed by atoms with van der Waals surface area (Å²) < 4.78 is 56.0. The van der Waals surface area contributed by atoms with Crippen LogP contribution in [0.15, 0.2) is 87.1 Å². The Hall–Kier alpha value is -2.28. The topological polar surface area (TPSA) is 104 Å². The maximum absolute atomic E-state index is 13.4. The lowest BCUT2D eigenvalue weighted by molar-refractivity contribution is -0.121. The number of carbonyl (C=O) groups is 1. The van der Waals surface area contributed by atoms with Crippen LogP contribution in [0.25, 0.3) is 0 Å². The van der Waals surface area contributed by atoms with Crippen LogP contribution >= 0.6 is 27.5 Å². The summed E-state index contributed by atoms with van der Waals surface area (Å²) in [6, 6.07) is 19.3. The number of carbonyl (C=O) groups excluding carboxylic acids is 1. The van der Waals surface area contributed by atoms with Gasteiger partial charge in [0.15, 0.2) is 0 Å². The Morgan fingerprint density at radius 3 is 2.00 bits per heavy atom. The van der Waals surface area contributed by atoms with Crippen LogP contribution in [0, 0.1) is 0 Å². The average molecular weight is 655 g/mol. The molecule has 0 radical (unpaired) electrons. The number of nitrogens with zero attached hydrogens (tertiary/aromatic N) is 2. The van der Waals surface area contributed by atoms with E-state index >= 15 is 0 Å². The highest BCUT2D eigenvalue weighted by atomic mass is 79.9. The highest BCUT2D eigenvalue weighted by Gasteiger charge is 2.28. The molecule has 0 aromatic heterocycles. The smallest absolute Gasteiger partial charge is 0.243 e. The molecule has 1 fully saturated rings. The molecule has 39 heavy (non-hydrogen) atoms. The first-order valence-corrected chi connectivity index (χ1v) is 16.5. The van der Waals surface area contributed by atoms with Gasteiger partial charge in [0.1, 0.15) is 0 Å². The maximum atomic E-state index is 13.4. The van der Waals surface area contributed by atoms with Crippen molar-refractivity contribution in [2.75, 3.05) is 19.6 Å². The molecule has 0 bridgehead atoms. The number of amides is 1. The predicted molar refractivity (Wildman–Crippen MR) is 154 cm³/mol. The summed E-state index contributed by atoms with van der Waals surface area (Å²) in [6.07, 6.45) is 2.75. The maximum Gasteiger partial charge on any atom is 0.243 e. The highest BCUT2D eigenvalue weighted by Crippen LogP contribution is 2.23. The van der Waals surface area contributed by atoms with Crippen LogP contribution in [0.2, 0.25) is 5.02 Å². The van der Waals surface area contributed by atoms with E-state index in [1.165, 1.54) is 28.6 Å². The Balaban J connectivity index is 1.44. The molecule has 1 aliphatic heterocycles. The van der Waals surface area contributed by atoms with E-state index < -0.39 is 32.5 Å². The third-order valence-corrected chi connectivity index (χ3v) is 10.9. The number of hydrogen-bond acceptors (Lipinski definition) is 5. The van der Waals surface area contributed by atoms with Crippen LogP contribution in [0.3, 0.4) is 0 Å². The fourth-order valence-corrected chi connectivity index (χ4v) is 7.52. The first-order valence-electron chi connectivity index (χ1n) is 12.4. The van der Waals surface area contributed by atoms with E-state index in [1.54, 1.807) is 48.5 Å². The molecule has 1 heterocycles. The predicted octanol–water partition coefficient (Wildman–Crippen LogP) is 4.78.